The second-order valence-corrected chi connectivity index (χ2v) is 3.55. The van der Waals surface area contributed by atoms with Crippen LogP contribution in [0.4, 0.5) is 22.0 Å². The van der Waals surface area contributed by atoms with E-state index in [4.69, 9.17) is 0 Å². The summed E-state index contributed by atoms with van der Waals surface area (Å²) in [6, 6.07) is 0.843. The monoisotopic (exact) mass is 288 g/mol. The van der Waals surface area contributed by atoms with E-state index < -0.39 is 33.6 Å². The summed E-state index contributed by atoms with van der Waals surface area (Å²) in [5.74, 6) is -7.42. The molecule has 0 unspecified atom stereocenters. The molecule has 0 saturated carbocycles. The molecule has 0 bridgehead atoms. The Kier molecular flexibility index (Phi) is 3.13. The van der Waals surface area contributed by atoms with Crippen LogP contribution >= 0.6 is 15.9 Å². The Morgan fingerprint density at radius 1 is 1.13 bits per heavy atom. The van der Waals surface area contributed by atoms with Gasteiger partial charge < -0.3 is 0 Å². The second-order valence-electron chi connectivity index (χ2n) is 2.55. The first-order valence-electron chi connectivity index (χ1n) is 3.50. The molecule has 82 valence electrons. The van der Waals surface area contributed by atoms with E-state index in [1.54, 1.807) is 15.9 Å². The maximum absolute atomic E-state index is 12.9. The van der Waals surface area contributed by atoms with Crippen LogP contribution in [0.15, 0.2) is 12.1 Å². The Labute approximate surface area is 89.0 Å². The lowest BCUT2D eigenvalue weighted by Gasteiger charge is -2.08. The zero-order valence-electron chi connectivity index (χ0n) is 6.83. The van der Waals surface area contributed by atoms with Crippen molar-refractivity contribution < 1.29 is 26.7 Å². The first-order chi connectivity index (χ1) is 6.75. The predicted molar refractivity (Wildman–Crippen MR) is 44.5 cm³/mol. The van der Waals surface area contributed by atoms with E-state index >= 15 is 0 Å². The van der Waals surface area contributed by atoms with Gasteiger partial charge >= 0.3 is 4.83 Å². The molecule has 1 rings (SSSR count). The number of rotatable bonds is 2. The lowest BCUT2D eigenvalue weighted by atomic mass is 10.1. The highest BCUT2D eigenvalue weighted by Gasteiger charge is 2.38. The molecule has 0 spiro atoms. The fourth-order valence-electron chi connectivity index (χ4n) is 0.854. The van der Waals surface area contributed by atoms with Crippen molar-refractivity contribution in [1.29, 1.82) is 0 Å². The van der Waals surface area contributed by atoms with Crippen LogP contribution < -0.4 is 0 Å². The summed E-state index contributed by atoms with van der Waals surface area (Å²) in [7, 11) is 0. The average Bonchev–Trinajstić information content (AvgIpc) is 2.12. The molecular formula is C8H2BrF5O. The molecule has 0 amide bonds. The van der Waals surface area contributed by atoms with Crippen molar-refractivity contribution in [3.05, 3.63) is 35.1 Å². The van der Waals surface area contributed by atoms with Crippen LogP contribution in [0.1, 0.15) is 10.4 Å². The minimum atomic E-state index is -4.02. The summed E-state index contributed by atoms with van der Waals surface area (Å²) in [6.07, 6.45) is 0. The Morgan fingerprint density at radius 2 is 1.67 bits per heavy atom. The fourth-order valence-corrected chi connectivity index (χ4v) is 1.07. The van der Waals surface area contributed by atoms with Gasteiger partial charge in [0.25, 0.3) is 0 Å². The fraction of sp³-hybridized carbons (Fsp3) is 0.125. The van der Waals surface area contributed by atoms with Crippen molar-refractivity contribution >= 4 is 21.7 Å². The van der Waals surface area contributed by atoms with Crippen LogP contribution in [0, 0.1) is 17.5 Å². The molecule has 0 atom stereocenters. The van der Waals surface area contributed by atoms with Crippen LogP contribution in [-0.4, -0.2) is 10.6 Å². The van der Waals surface area contributed by atoms with Crippen LogP contribution in [0.2, 0.25) is 0 Å². The summed E-state index contributed by atoms with van der Waals surface area (Å²) in [5, 5.41) is 0. The number of halogens is 6. The molecule has 0 fully saturated rings. The largest absolute Gasteiger partial charge is 0.363 e. The average molecular weight is 289 g/mol. The van der Waals surface area contributed by atoms with Crippen LogP contribution in [0.5, 0.6) is 0 Å². The van der Waals surface area contributed by atoms with E-state index in [1.807, 2.05) is 0 Å². The highest BCUT2D eigenvalue weighted by Crippen LogP contribution is 2.28. The first-order valence-corrected chi connectivity index (χ1v) is 4.29. The third-order valence-electron chi connectivity index (χ3n) is 1.54. The Bertz CT molecular complexity index is 412. The molecule has 7 heteroatoms. The number of ketones is 1. The molecule has 1 aromatic rings. The molecular weight excluding hydrogens is 287 g/mol. The van der Waals surface area contributed by atoms with Crippen molar-refractivity contribution in [1.82, 2.24) is 0 Å². The number of Topliss-reactive ketones (excluding diaryl/α,β-unsaturated/α-hetero) is 1. The zero-order chi connectivity index (χ0) is 11.8. The van der Waals surface area contributed by atoms with Crippen molar-refractivity contribution in [3.8, 4) is 0 Å². The number of alkyl halides is 3. The molecule has 0 aromatic heterocycles. The number of carbonyl (C=O) groups excluding carboxylic acids is 1. The van der Waals surface area contributed by atoms with E-state index in [1.165, 1.54) is 0 Å². The van der Waals surface area contributed by atoms with Crippen LogP contribution in [0.25, 0.3) is 0 Å². The minimum Gasteiger partial charge on any atom is -0.286 e. The summed E-state index contributed by atoms with van der Waals surface area (Å²) >= 11 is 1.69. The molecule has 0 radical (unpaired) electrons. The zero-order valence-corrected chi connectivity index (χ0v) is 8.42. The van der Waals surface area contributed by atoms with Crippen molar-refractivity contribution in [2.75, 3.05) is 0 Å². The van der Waals surface area contributed by atoms with E-state index in [9.17, 15) is 26.7 Å². The van der Waals surface area contributed by atoms with Gasteiger partial charge in [-0.05, 0) is 28.1 Å². The quantitative estimate of drug-likeness (QED) is 0.353. The summed E-state index contributed by atoms with van der Waals surface area (Å²) < 4.78 is 62.6. The minimum absolute atomic E-state index is 0.393. The molecule has 0 aliphatic heterocycles. The smallest absolute Gasteiger partial charge is 0.286 e. The molecule has 0 saturated heterocycles. The van der Waals surface area contributed by atoms with Gasteiger partial charge in [0.2, 0.25) is 5.78 Å². The second kappa shape index (κ2) is 3.88. The number of carbonyl (C=O) groups is 1. The number of benzene rings is 1. The van der Waals surface area contributed by atoms with Crippen molar-refractivity contribution in [2.24, 2.45) is 0 Å². The van der Waals surface area contributed by atoms with Gasteiger partial charge in [-0.3, -0.25) is 4.79 Å². The van der Waals surface area contributed by atoms with E-state index in [0.717, 1.165) is 0 Å². The molecule has 1 nitrogen and oxygen atoms in total. The Balaban J connectivity index is 3.29. The maximum atomic E-state index is 12.9. The van der Waals surface area contributed by atoms with Gasteiger partial charge in [0, 0.05) is 0 Å². The molecule has 0 heterocycles. The predicted octanol–water partition coefficient (Wildman–Crippen LogP) is 3.27. The van der Waals surface area contributed by atoms with Gasteiger partial charge in [-0.2, -0.15) is 8.78 Å². The van der Waals surface area contributed by atoms with Crippen LogP contribution in [0.3, 0.4) is 0 Å². The molecule has 0 aliphatic rings. The lowest BCUT2D eigenvalue weighted by molar-refractivity contribution is 0.0586. The van der Waals surface area contributed by atoms with Gasteiger partial charge in [0.15, 0.2) is 17.5 Å². The summed E-state index contributed by atoms with van der Waals surface area (Å²) in [6.45, 7) is 0. The van der Waals surface area contributed by atoms with Crippen LogP contribution in [-0.2, 0) is 0 Å². The number of hydrogen-bond donors (Lipinski definition) is 0. The maximum Gasteiger partial charge on any atom is 0.363 e. The van der Waals surface area contributed by atoms with Crippen molar-refractivity contribution in [2.45, 2.75) is 4.83 Å². The topological polar surface area (TPSA) is 17.1 Å². The summed E-state index contributed by atoms with van der Waals surface area (Å²) in [5.41, 5.74) is -1.21. The first kappa shape index (κ1) is 12.1. The molecule has 1 aromatic carbocycles. The van der Waals surface area contributed by atoms with Gasteiger partial charge in [-0.15, -0.1) is 0 Å². The van der Waals surface area contributed by atoms with Gasteiger partial charge in [-0.1, -0.05) is 0 Å². The van der Waals surface area contributed by atoms with E-state index in [0.29, 0.717) is 12.1 Å². The van der Waals surface area contributed by atoms with E-state index in [2.05, 4.69) is 0 Å². The molecule has 0 N–H and O–H groups in total. The number of hydrogen-bond acceptors (Lipinski definition) is 1. The van der Waals surface area contributed by atoms with Crippen molar-refractivity contribution in [3.63, 3.8) is 0 Å². The third kappa shape index (κ3) is 2.34. The highest BCUT2D eigenvalue weighted by atomic mass is 79.9. The Hall–Kier alpha value is -0.980. The standard InChI is InChI=1S/C8H2BrF5O/c9-8(13,14)7(15)3-1-2-4(10)6(12)5(3)11/h1-2H. The molecule has 15 heavy (non-hydrogen) atoms. The molecule has 0 aliphatic carbocycles. The van der Waals surface area contributed by atoms with E-state index in [-0.39, 0.29) is 0 Å². The highest BCUT2D eigenvalue weighted by molar-refractivity contribution is 9.10. The third-order valence-corrected chi connectivity index (χ3v) is 1.90. The Morgan fingerprint density at radius 3 is 2.13 bits per heavy atom. The van der Waals surface area contributed by atoms with Gasteiger partial charge in [0.1, 0.15) is 0 Å². The SMILES string of the molecule is O=C(c1ccc(F)c(F)c1F)C(F)(F)Br. The van der Waals surface area contributed by atoms with Gasteiger partial charge in [0.05, 0.1) is 5.56 Å². The van der Waals surface area contributed by atoms with Gasteiger partial charge in [-0.25, -0.2) is 13.2 Å². The lowest BCUT2D eigenvalue weighted by Crippen LogP contribution is -2.22. The normalized spacial score (nSPS) is 11.6. The summed E-state index contributed by atoms with van der Waals surface area (Å²) in [4.78, 5) is 6.81.